The van der Waals surface area contributed by atoms with E-state index in [-0.39, 0.29) is 16.5 Å². The average molecular weight is 505 g/mol. The summed E-state index contributed by atoms with van der Waals surface area (Å²) in [7, 11) is 0. The van der Waals surface area contributed by atoms with Crippen molar-refractivity contribution in [1.29, 1.82) is 0 Å². The normalized spacial score (nSPS) is 11.7. The second kappa shape index (κ2) is 17.7. The van der Waals surface area contributed by atoms with Crippen LogP contribution in [-0.2, 0) is 42.2 Å². The first-order valence-electron chi connectivity index (χ1n) is 13.5. The van der Waals surface area contributed by atoms with E-state index >= 15 is 0 Å². The number of hydrogen-bond donors (Lipinski definition) is 0. The van der Waals surface area contributed by atoms with Crippen LogP contribution >= 0.6 is 0 Å². The zero-order chi connectivity index (χ0) is 23.9. The Balaban J connectivity index is 0.00000578. The third-order valence-electron chi connectivity index (χ3n) is 6.13. The third kappa shape index (κ3) is 10.3. The molecule has 0 spiro atoms. The van der Waals surface area contributed by atoms with E-state index < -0.39 is 0 Å². The Morgan fingerprint density at radius 3 is 1.65 bits per heavy atom. The summed E-state index contributed by atoms with van der Waals surface area (Å²) in [5.74, 6) is 0. The van der Waals surface area contributed by atoms with Gasteiger partial charge in [0.1, 0.15) is 0 Å². The molecule has 2 aromatic carbocycles. The molecule has 0 unspecified atom stereocenters. The molecule has 0 aliphatic rings. The second-order valence-corrected chi connectivity index (χ2v) is 9.22. The Kier molecular flexibility index (Phi) is 15.8. The fourth-order valence-electron chi connectivity index (χ4n) is 4.43. The molecule has 0 amide bonds. The number of unbranched alkanes of at least 4 members (excludes halogenated alkanes) is 2. The number of aryl methyl sites for hydroxylation is 4. The van der Waals surface area contributed by atoms with Gasteiger partial charge in [0.2, 0.25) is 0 Å². The van der Waals surface area contributed by atoms with Crippen molar-refractivity contribution in [3.05, 3.63) is 58.7 Å². The molecular weight excluding hydrogens is 459 g/mol. The maximum absolute atomic E-state index is 5.06. The van der Waals surface area contributed by atoms with Crippen molar-refractivity contribution < 1.29 is 16.5 Å². The van der Waals surface area contributed by atoms with Gasteiger partial charge in [0.05, 0.1) is 17.1 Å². The maximum Gasteiger partial charge on any atom is 0.0636 e. The molecular formula is C31H46N2Ni. The van der Waals surface area contributed by atoms with Gasteiger partial charge >= 0.3 is 0 Å². The monoisotopic (exact) mass is 504 g/mol. The van der Waals surface area contributed by atoms with Crippen molar-refractivity contribution in [2.45, 2.75) is 112 Å². The van der Waals surface area contributed by atoms with E-state index in [0.717, 1.165) is 55.6 Å². The van der Waals surface area contributed by atoms with E-state index in [2.05, 4.69) is 71.0 Å². The number of benzene rings is 2. The van der Waals surface area contributed by atoms with E-state index in [4.69, 9.17) is 9.98 Å². The molecule has 0 N–H and O–H groups in total. The molecule has 0 bridgehead atoms. The summed E-state index contributed by atoms with van der Waals surface area (Å²) in [6.07, 6.45) is 15.9. The van der Waals surface area contributed by atoms with Crippen LogP contribution in [-0.4, -0.2) is 11.9 Å². The van der Waals surface area contributed by atoms with Gasteiger partial charge in [0, 0.05) is 22.7 Å². The molecule has 0 saturated carbocycles. The van der Waals surface area contributed by atoms with Gasteiger partial charge in [-0.1, -0.05) is 85.3 Å². The molecule has 0 fully saturated rings. The van der Waals surface area contributed by atoms with Crippen molar-refractivity contribution >= 4 is 23.3 Å². The SMILES string of the molecule is CCCCCC(/C=N/c1ccc(CCC)c(CCC)c1)=N\c1ccc(CCC)c(CCC)c1.[Ni]. The minimum absolute atomic E-state index is 0. The topological polar surface area (TPSA) is 24.7 Å². The fourth-order valence-corrected chi connectivity index (χ4v) is 4.43. The van der Waals surface area contributed by atoms with Gasteiger partial charge in [-0.3, -0.25) is 9.98 Å². The molecule has 0 radical (unpaired) electrons. The molecule has 0 aliphatic heterocycles. The molecule has 190 valence electrons. The molecule has 0 heterocycles. The molecule has 2 nitrogen and oxygen atoms in total. The number of aliphatic imine (C=N–C) groups is 2. The van der Waals surface area contributed by atoms with Crippen molar-refractivity contribution in [3.8, 4) is 0 Å². The zero-order valence-corrected chi connectivity index (χ0v) is 23.2. The Morgan fingerprint density at radius 1 is 0.618 bits per heavy atom. The first-order valence-corrected chi connectivity index (χ1v) is 13.5. The van der Waals surface area contributed by atoms with E-state index in [1.165, 1.54) is 60.8 Å². The van der Waals surface area contributed by atoms with Crippen LogP contribution in [0.2, 0.25) is 0 Å². The van der Waals surface area contributed by atoms with Crippen LogP contribution in [0, 0.1) is 0 Å². The third-order valence-corrected chi connectivity index (χ3v) is 6.13. The Labute approximate surface area is 219 Å². The predicted molar refractivity (Wildman–Crippen MR) is 148 cm³/mol. The summed E-state index contributed by atoms with van der Waals surface area (Å²) < 4.78 is 0. The summed E-state index contributed by atoms with van der Waals surface area (Å²) in [5, 5.41) is 0. The zero-order valence-electron chi connectivity index (χ0n) is 22.2. The number of nitrogens with zero attached hydrogens (tertiary/aromatic N) is 2. The van der Waals surface area contributed by atoms with Gasteiger partial charge in [-0.25, -0.2) is 0 Å². The molecule has 34 heavy (non-hydrogen) atoms. The molecule has 0 saturated heterocycles. The van der Waals surface area contributed by atoms with E-state index in [1.807, 2.05) is 6.21 Å². The van der Waals surface area contributed by atoms with Crippen molar-refractivity contribution in [1.82, 2.24) is 0 Å². The molecule has 0 aromatic heterocycles. The summed E-state index contributed by atoms with van der Waals surface area (Å²) in [6, 6.07) is 13.5. The smallest absolute Gasteiger partial charge is 0.0636 e. The van der Waals surface area contributed by atoms with Gasteiger partial charge in [-0.2, -0.15) is 0 Å². The quantitative estimate of drug-likeness (QED) is 0.131. The van der Waals surface area contributed by atoms with Crippen LogP contribution in [0.1, 0.15) is 108 Å². The molecule has 3 heteroatoms. The fraction of sp³-hybridized carbons (Fsp3) is 0.548. The largest absolute Gasteiger partial charge is 0.255 e. The summed E-state index contributed by atoms with van der Waals surface area (Å²) in [6.45, 7) is 11.3. The van der Waals surface area contributed by atoms with Gasteiger partial charge in [-0.15, -0.1) is 0 Å². The van der Waals surface area contributed by atoms with Crippen molar-refractivity contribution in [2.75, 3.05) is 0 Å². The predicted octanol–water partition coefficient (Wildman–Crippen LogP) is 9.55. The van der Waals surface area contributed by atoms with Gasteiger partial charge in [-0.05, 0) is 85.0 Å². The molecule has 0 atom stereocenters. The minimum Gasteiger partial charge on any atom is -0.255 e. The Morgan fingerprint density at radius 2 is 1.12 bits per heavy atom. The van der Waals surface area contributed by atoms with Crippen LogP contribution in [0.15, 0.2) is 46.4 Å². The standard InChI is InChI=1S/C31H46N2.Ni/c1-6-11-12-17-31(33-30-21-19-26(14-8-3)28(23-30)16-10-5)24-32-29-20-18-25(13-7-2)27(22-29)15-9-4;/h18-24H,6-17H2,1-5H3;/b32-24+,33-31+;. The van der Waals surface area contributed by atoms with Crippen LogP contribution < -0.4 is 0 Å². The first kappa shape index (κ1) is 30.3. The molecule has 0 aliphatic carbocycles. The van der Waals surface area contributed by atoms with Crippen molar-refractivity contribution in [2.24, 2.45) is 9.98 Å². The summed E-state index contributed by atoms with van der Waals surface area (Å²) >= 11 is 0. The average Bonchev–Trinajstić information content (AvgIpc) is 2.81. The Hall–Kier alpha value is -1.73. The van der Waals surface area contributed by atoms with E-state index in [9.17, 15) is 0 Å². The van der Waals surface area contributed by atoms with E-state index in [1.54, 1.807) is 0 Å². The van der Waals surface area contributed by atoms with Gasteiger partial charge < -0.3 is 0 Å². The molecule has 2 aromatic rings. The minimum atomic E-state index is 0. The van der Waals surface area contributed by atoms with Crippen LogP contribution in [0.3, 0.4) is 0 Å². The summed E-state index contributed by atoms with van der Waals surface area (Å²) in [4.78, 5) is 9.94. The Bertz CT molecular complexity index is 898. The summed E-state index contributed by atoms with van der Waals surface area (Å²) in [5.41, 5.74) is 9.08. The van der Waals surface area contributed by atoms with Gasteiger partial charge in [0.25, 0.3) is 0 Å². The number of rotatable bonds is 15. The first-order chi connectivity index (χ1) is 16.1. The second-order valence-electron chi connectivity index (χ2n) is 9.22. The number of hydrogen-bond acceptors (Lipinski definition) is 2. The van der Waals surface area contributed by atoms with Crippen LogP contribution in [0.4, 0.5) is 11.4 Å². The molecule has 2 rings (SSSR count). The van der Waals surface area contributed by atoms with Crippen LogP contribution in [0.5, 0.6) is 0 Å². The van der Waals surface area contributed by atoms with E-state index in [0.29, 0.717) is 0 Å². The van der Waals surface area contributed by atoms with Crippen molar-refractivity contribution in [3.63, 3.8) is 0 Å². The maximum atomic E-state index is 5.06. The van der Waals surface area contributed by atoms with Crippen LogP contribution in [0.25, 0.3) is 0 Å². The van der Waals surface area contributed by atoms with Gasteiger partial charge in [0.15, 0.2) is 0 Å².